The van der Waals surface area contributed by atoms with Crippen LogP contribution in [-0.2, 0) is 19.0 Å². The van der Waals surface area contributed by atoms with Crippen LogP contribution in [0, 0.1) is 0 Å². The molecule has 0 unspecified atom stereocenters. The molecule has 3 atom stereocenters. The molecular formula is C13H20O5. The Kier molecular flexibility index (Phi) is 3.30. The number of hydrogen-bond donors (Lipinski definition) is 1. The first kappa shape index (κ1) is 12.4. The van der Waals surface area contributed by atoms with E-state index in [1.54, 1.807) is 0 Å². The third kappa shape index (κ3) is 2.39. The summed E-state index contributed by atoms with van der Waals surface area (Å²) in [5.74, 6) is -0.879. The van der Waals surface area contributed by atoms with Gasteiger partial charge in [-0.05, 0) is 12.8 Å². The zero-order chi connectivity index (χ0) is 12.6. The SMILES string of the molecule is O=C1O[C@H](C[C@H]2COC3(CCCCC3)O2)C[C@@H]1O. The molecule has 0 aromatic rings. The molecule has 1 spiro atoms. The van der Waals surface area contributed by atoms with E-state index in [-0.39, 0.29) is 18.0 Å². The zero-order valence-corrected chi connectivity index (χ0v) is 10.5. The van der Waals surface area contributed by atoms with Crippen molar-refractivity contribution in [3.05, 3.63) is 0 Å². The van der Waals surface area contributed by atoms with Crippen LogP contribution in [0.4, 0.5) is 0 Å². The Balaban J connectivity index is 1.52. The summed E-state index contributed by atoms with van der Waals surface area (Å²) in [5.41, 5.74) is 0. The van der Waals surface area contributed by atoms with Crippen LogP contribution < -0.4 is 0 Å². The van der Waals surface area contributed by atoms with Crippen molar-refractivity contribution in [1.82, 2.24) is 0 Å². The molecule has 0 aromatic carbocycles. The van der Waals surface area contributed by atoms with Crippen molar-refractivity contribution >= 4 is 5.97 Å². The van der Waals surface area contributed by atoms with Gasteiger partial charge >= 0.3 is 5.97 Å². The van der Waals surface area contributed by atoms with Crippen molar-refractivity contribution in [1.29, 1.82) is 0 Å². The summed E-state index contributed by atoms with van der Waals surface area (Å²) in [6.07, 6.45) is 5.33. The maximum absolute atomic E-state index is 11.1. The predicted molar refractivity (Wildman–Crippen MR) is 61.8 cm³/mol. The van der Waals surface area contributed by atoms with Crippen LogP contribution in [0.3, 0.4) is 0 Å². The fraction of sp³-hybridized carbons (Fsp3) is 0.923. The maximum atomic E-state index is 11.1. The molecule has 1 saturated carbocycles. The highest BCUT2D eigenvalue weighted by Crippen LogP contribution is 2.39. The summed E-state index contributed by atoms with van der Waals surface area (Å²) in [7, 11) is 0. The van der Waals surface area contributed by atoms with Gasteiger partial charge in [-0.25, -0.2) is 4.79 Å². The molecule has 3 fully saturated rings. The number of hydrogen-bond acceptors (Lipinski definition) is 5. The number of carbonyl (C=O) groups excluding carboxylic acids is 1. The van der Waals surface area contributed by atoms with Crippen molar-refractivity contribution in [3.63, 3.8) is 0 Å². The van der Waals surface area contributed by atoms with Gasteiger partial charge in [0.05, 0.1) is 12.7 Å². The van der Waals surface area contributed by atoms with E-state index in [2.05, 4.69) is 0 Å². The molecule has 5 nitrogen and oxygen atoms in total. The lowest BCUT2D eigenvalue weighted by atomic mass is 9.94. The van der Waals surface area contributed by atoms with Crippen LogP contribution in [0.25, 0.3) is 0 Å². The molecule has 0 amide bonds. The van der Waals surface area contributed by atoms with E-state index < -0.39 is 12.1 Å². The average Bonchev–Trinajstić information content (AvgIpc) is 2.86. The van der Waals surface area contributed by atoms with E-state index >= 15 is 0 Å². The van der Waals surface area contributed by atoms with Crippen molar-refractivity contribution in [2.45, 2.75) is 69.0 Å². The molecule has 2 heterocycles. The average molecular weight is 256 g/mol. The lowest BCUT2D eigenvalue weighted by Crippen LogP contribution is -2.33. The Morgan fingerprint density at radius 3 is 2.67 bits per heavy atom. The van der Waals surface area contributed by atoms with Crippen LogP contribution in [0.5, 0.6) is 0 Å². The molecule has 1 N–H and O–H groups in total. The van der Waals surface area contributed by atoms with E-state index in [0.717, 1.165) is 25.7 Å². The van der Waals surface area contributed by atoms with Gasteiger partial charge in [0.15, 0.2) is 11.9 Å². The summed E-state index contributed by atoms with van der Waals surface area (Å²) < 4.78 is 16.9. The van der Waals surface area contributed by atoms with Gasteiger partial charge < -0.3 is 19.3 Å². The minimum absolute atomic E-state index is 0.00815. The van der Waals surface area contributed by atoms with E-state index in [1.807, 2.05) is 0 Å². The van der Waals surface area contributed by atoms with E-state index in [1.165, 1.54) is 6.42 Å². The molecule has 1 aliphatic carbocycles. The number of cyclic esters (lactones) is 1. The molecule has 3 aliphatic rings. The van der Waals surface area contributed by atoms with E-state index in [0.29, 0.717) is 19.4 Å². The number of aliphatic hydroxyl groups is 1. The molecule has 0 radical (unpaired) electrons. The van der Waals surface area contributed by atoms with Crippen LogP contribution in [0.2, 0.25) is 0 Å². The Hall–Kier alpha value is -0.650. The number of ether oxygens (including phenoxy) is 3. The molecular weight excluding hydrogens is 236 g/mol. The molecule has 102 valence electrons. The summed E-state index contributed by atoms with van der Waals surface area (Å²) in [4.78, 5) is 11.1. The highest BCUT2D eigenvalue weighted by Gasteiger charge is 2.44. The van der Waals surface area contributed by atoms with E-state index in [4.69, 9.17) is 14.2 Å². The molecule has 18 heavy (non-hydrogen) atoms. The molecule has 0 bridgehead atoms. The molecule has 3 rings (SSSR count). The van der Waals surface area contributed by atoms with Gasteiger partial charge in [-0.1, -0.05) is 6.42 Å². The first-order valence-corrected chi connectivity index (χ1v) is 6.87. The second-order valence-corrected chi connectivity index (χ2v) is 5.57. The minimum atomic E-state index is -0.957. The predicted octanol–water partition coefficient (Wildman–Crippen LogP) is 1.13. The smallest absolute Gasteiger partial charge is 0.335 e. The minimum Gasteiger partial charge on any atom is -0.460 e. The summed E-state index contributed by atoms with van der Waals surface area (Å²) in [6, 6.07) is 0. The Labute approximate surface area is 106 Å². The van der Waals surface area contributed by atoms with Crippen LogP contribution in [0.15, 0.2) is 0 Å². The molecule has 5 heteroatoms. The Bertz CT molecular complexity index is 323. The van der Waals surface area contributed by atoms with Crippen molar-refractivity contribution in [2.75, 3.05) is 6.61 Å². The van der Waals surface area contributed by atoms with Crippen LogP contribution >= 0.6 is 0 Å². The van der Waals surface area contributed by atoms with Crippen LogP contribution in [0.1, 0.15) is 44.9 Å². The highest BCUT2D eigenvalue weighted by atomic mass is 16.7. The first-order valence-electron chi connectivity index (χ1n) is 6.87. The topological polar surface area (TPSA) is 65.0 Å². The van der Waals surface area contributed by atoms with Gasteiger partial charge in [-0.15, -0.1) is 0 Å². The third-order valence-electron chi connectivity index (χ3n) is 4.10. The zero-order valence-electron chi connectivity index (χ0n) is 10.5. The van der Waals surface area contributed by atoms with Gasteiger partial charge in [-0.2, -0.15) is 0 Å². The second kappa shape index (κ2) is 4.79. The normalized spacial score (nSPS) is 39.2. The van der Waals surface area contributed by atoms with Gasteiger partial charge in [0, 0.05) is 25.7 Å². The number of rotatable bonds is 2. The fourth-order valence-electron chi connectivity index (χ4n) is 3.16. The van der Waals surface area contributed by atoms with Gasteiger partial charge in [0.1, 0.15) is 6.10 Å². The standard InChI is InChI=1S/C13H20O5/c14-11-7-9(17-12(11)15)6-10-8-16-13(18-10)4-2-1-3-5-13/h9-11,14H,1-8H2/t9-,10+,11+/m1/s1. The largest absolute Gasteiger partial charge is 0.460 e. The molecule has 0 aromatic heterocycles. The third-order valence-corrected chi connectivity index (χ3v) is 4.10. The second-order valence-electron chi connectivity index (χ2n) is 5.57. The molecule has 2 aliphatic heterocycles. The monoisotopic (exact) mass is 256 g/mol. The fourth-order valence-corrected chi connectivity index (χ4v) is 3.16. The van der Waals surface area contributed by atoms with Crippen molar-refractivity contribution in [2.24, 2.45) is 0 Å². The Morgan fingerprint density at radius 2 is 2.00 bits per heavy atom. The maximum Gasteiger partial charge on any atom is 0.335 e. The van der Waals surface area contributed by atoms with Gasteiger partial charge in [0.2, 0.25) is 0 Å². The highest BCUT2D eigenvalue weighted by molar-refractivity contribution is 5.76. The van der Waals surface area contributed by atoms with Gasteiger partial charge in [-0.3, -0.25) is 0 Å². The molecule has 2 saturated heterocycles. The Morgan fingerprint density at radius 1 is 1.22 bits per heavy atom. The quantitative estimate of drug-likeness (QED) is 0.750. The lowest BCUT2D eigenvalue weighted by Gasteiger charge is -2.31. The number of carbonyl (C=O) groups is 1. The number of aliphatic hydroxyl groups excluding tert-OH is 1. The number of esters is 1. The van der Waals surface area contributed by atoms with Crippen LogP contribution in [-0.4, -0.2) is 41.8 Å². The summed E-state index contributed by atoms with van der Waals surface area (Å²) in [5, 5.41) is 9.34. The lowest BCUT2D eigenvalue weighted by molar-refractivity contribution is -0.189. The van der Waals surface area contributed by atoms with Crippen molar-refractivity contribution < 1.29 is 24.1 Å². The van der Waals surface area contributed by atoms with E-state index in [9.17, 15) is 9.90 Å². The first-order chi connectivity index (χ1) is 8.67. The summed E-state index contributed by atoms with van der Waals surface area (Å²) >= 11 is 0. The van der Waals surface area contributed by atoms with Gasteiger partial charge in [0.25, 0.3) is 0 Å². The van der Waals surface area contributed by atoms with Crippen molar-refractivity contribution in [3.8, 4) is 0 Å². The summed E-state index contributed by atoms with van der Waals surface area (Å²) in [6.45, 7) is 0.574.